The highest BCUT2D eigenvalue weighted by atomic mass is 16.5. The first-order chi connectivity index (χ1) is 10.8. The van der Waals surface area contributed by atoms with Crippen molar-refractivity contribution in [3.05, 3.63) is 59.0 Å². The Hall–Kier alpha value is -2.36. The molecule has 0 radical (unpaired) electrons. The number of aliphatic imine (C=N–C) groups is 1. The van der Waals surface area contributed by atoms with E-state index in [9.17, 15) is 4.79 Å². The summed E-state index contributed by atoms with van der Waals surface area (Å²) in [6.07, 6.45) is 5.24. The fourth-order valence-electron chi connectivity index (χ4n) is 3.45. The second-order valence-corrected chi connectivity index (χ2v) is 5.88. The predicted molar refractivity (Wildman–Crippen MR) is 82.3 cm³/mol. The fraction of sp³-hybridized carbons (Fsp3) is 0.333. The first-order valence-corrected chi connectivity index (χ1v) is 7.63. The van der Waals surface area contributed by atoms with Crippen molar-refractivity contribution >= 4 is 12.2 Å². The van der Waals surface area contributed by atoms with Crippen LogP contribution in [-0.2, 0) is 20.7 Å². The van der Waals surface area contributed by atoms with Crippen molar-refractivity contribution in [2.45, 2.75) is 25.4 Å². The van der Waals surface area contributed by atoms with Crippen LogP contribution in [0.1, 0.15) is 18.4 Å². The Labute approximate surface area is 129 Å². The van der Waals surface area contributed by atoms with Crippen molar-refractivity contribution < 1.29 is 14.3 Å². The summed E-state index contributed by atoms with van der Waals surface area (Å²) in [7, 11) is 0. The zero-order chi connectivity index (χ0) is 14.9. The molecule has 2 aliphatic heterocycles. The Morgan fingerprint density at radius 3 is 2.95 bits per heavy atom. The van der Waals surface area contributed by atoms with Crippen LogP contribution in [0.5, 0.6) is 0 Å². The molecule has 2 heterocycles. The van der Waals surface area contributed by atoms with Crippen LogP contribution in [0.2, 0.25) is 0 Å². The van der Waals surface area contributed by atoms with E-state index in [1.54, 1.807) is 6.20 Å². The van der Waals surface area contributed by atoms with Gasteiger partial charge >= 0.3 is 0 Å². The van der Waals surface area contributed by atoms with E-state index in [0.717, 1.165) is 17.6 Å². The molecule has 0 saturated carbocycles. The molecule has 1 aliphatic carbocycles. The highest BCUT2D eigenvalue weighted by Crippen LogP contribution is 2.41. The molecule has 2 atom stereocenters. The Morgan fingerprint density at radius 1 is 1.23 bits per heavy atom. The van der Waals surface area contributed by atoms with E-state index in [1.165, 1.54) is 12.0 Å². The van der Waals surface area contributed by atoms with Gasteiger partial charge in [-0.15, -0.1) is 0 Å². The second kappa shape index (κ2) is 5.44. The Morgan fingerprint density at radius 2 is 2.09 bits per heavy atom. The quantitative estimate of drug-likeness (QED) is 0.843. The molecule has 1 aromatic carbocycles. The number of allylic oxidation sites excluding steroid dienone is 1. The maximum Gasteiger partial charge on any atom is 0.174 e. The highest BCUT2D eigenvalue weighted by Gasteiger charge is 2.40. The van der Waals surface area contributed by atoms with Gasteiger partial charge in [0, 0.05) is 24.1 Å². The molecule has 4 nitrogen and oxygen atoms in total. The van der Waals surface area contributed by atoms with Gasteiger partial charge in [-0.05, 0) is 18.4 Å². The molecule has 112 valence electrons. The van der Waals surface area contributed by atoms with Gasteiger partial charge in [0.15, 0.2) is 12.2 Å². The summed E-state index contributed by atoms with van der Waals surface area (Å²) >= 11 is 0. The zero-order valence-electron chi connectivity index (χ0n) is 12.2. The van der Waals surface area contributed by atoms with Gasteiger partial charge in [-0.2, -0.15) is 0 Å². The minimum absolute atomic E-state index is 0.0812. The minimum Gasteiger partial charge on any atom is -0.492 e. The van der Waals surface area contributed by atoms with Crippen LogP contribution in [0.3, 0.4) is 0 Å². The summed E-state index contributed by atoms with van der Waals surface area (Å²) < 4.78 is 11.5. The number of nitrogens with zero attached hydrogens (tertiary/aromatic N) is 1. The number of ketones is 1. The molecule has 0 N–H and O–H groups in total. The zero-order valence-corrected chi connectivity index (χ0v) is 12.2. The van der Waals surface area contributed by atoms with Crippen LogP contribution in [0, 0.1) is 5.92 Å². The highest BCUT2D eigenvalue weighted by molar-refractivity contribution is 5.97. The molecule has 0 bridgehead atoms. The third-order valence-corrected chi connectivity index (χ3v) is 4.47. The maximum atomic E-state index is 12.3. The molecular weight excluding hydrogens is 278 g/mol. The lowest BCUT2D eigenvalue weighted by Crippen LogP contribution is -2.37. The van der Waals surface area contributed by atoms with Gasteiger partial charge < -0.3 is 9.47 Å². The van der Waals surface area contributed by atoms with Crippen LogP contribution in [0.4, 0.5) is 0 Å². The lowest BCUT2D eigenvalue weighted by molar-refractivity contribution is -0.118. The van der Waals surface area contributed by atoms with Crippen molar-refractivity contribution in [1.82, 2.24) is 0 Å². The number of carbonyl (C=O) groups excluding carboxylic acids is 1. The average Bonchev–Trinajstić information content (AvgIpc) is 2.57. The molecule has 2 unspecified atom stereocenters. The largest absolute Gasteiger partial charge is 0.492 e. The van der Waals surface area contributed by atoms with Crippen molar-refractivity contribution in [3.63, 3.8) is 0 Å². The average molecular weight is 295 g/mol. The molecule has 0 saturated heterocycles. The second-order valence-electron chi connectivity index (χ2n) is 5.88. The molecule has 0 aromatic heterocycles. The topological polar surface area (TPSA) is 47.9 Å². The van der Waals surface area contributed by atoms with Gasteiger partial charge in [0.2, 0.25) is 0 Å². The lowest BCUT2D eigenvalue weighted by atomic mass is 9.76. The van der Waals surface area contributed by atoms with Gasteiger partial charge in [0.1, 0.15) is 11.9 Å². The molecule has 22 heavy (non-hydrogen) atoms. The Kier molecular flexibility index (Phi) is 3.29. The van der Waals surface area contributed by atoms with Crippen LogP contribution in [0.25, 0.3) is 0 Å². The van der Waals surface area contributed by atoms with E-state index < -0.39 is 0 Å². The van der Waals surface area contributed by atoms with Gasteiger partial charge in [-0.3, -0.25) is 4.79 Å². The molecule has 0 amide bonds. The number of Topliss-reactive ketones (excluding diaryl/α,β-unsaturated/α-hetero) is 1. The molecule has 4 heteroatoms. The van der Waals surface area contributed by atoms with E-state index in [1.807, 2.05) is 18.2 Å². The van der Waals surface area contributed by atoms with Crippen molar-refractivity contribution in [2.75, 3.05) is 6.61 Å². The summed E-state index contributed by atoms with van der Waals surface area (Å²) in [6, 6.07) is 10.3. The standard InChI is InChI=1S/C18H17NO3/c20-16-6-7-21-18-14(16)9-13(8-12-4-2-1-3-5-12)17-15(18)10-19-11-22-17/h1-5,10-11,13,17H,6-9H2. The molecule has 0 spiro atoms. The van der Waals surface area contributed by atoms with E-state index in [2.05, 4.69) is 17.1 Å². The third-order valence-electron chi connectivity index (χ3n) is 4.47. The van der Waals surface area contributed by atoms with E-state index in [-0.39, 0.29) is 17.8 Å². The normalized spacial score (nSPS) is 26.5. The van der Waals surface area contributed by atoms with Crippen LogP contribution in [0.15, 0.2) is 58.4 Å². The number of hydrogen-bond acceptors (Lipinski definition) is 4. The number of carbonyl (C=O) groups is 1. The van der Waals surface area contributed by atoms with Crippen LogP contribution >= 0.6 is 0 Å². The first kappa shape index (κ1) is 13.3. The molecular formula is C18H17NO3. The summed E-state index contributed by atoms with van der Waals surface area (Å²) in [6.45, 7) is 0.453. The predicted octanol–water partition coefficient (Wildman–Crippen LogP) is 2.80. The van der Waals surface area contributed by atoms with E-state index in [0.29, 0.717) is 25.2 Å². The Bertz CT molecular complexity index is 688. The van der Waals surface area contributed by atoms with Gasteiger partial charge in [0.05, 0.1) is 12.2 Å². The van der Waals surface area contributed by atoms with Gasteiger partial charge in [0.25, 0.3) is 0 Å². The van der Waals surface area contributed by atoms with E-state index >= 15 is 0 Å². The van der Waals surface area contributed by atoms with Gasteiger partial charge in [-0.25, -0.2) is 4.99 Å². The third kappa shape index (κ3) is 2.25. The van der Waals surface area contributed by atoms with Crippen LogP contribution in [-0.4, -0.2) is 24.9 Å². The SMILES string of the molecule is O=C1CCOC2=C1CC(Cc1ccccc1)C1OC=NC=C21. The summed E-state index contributed by atoms with van der Waals surface area (Å²) in [5.74, 6) is 1.14. The van der Waals surface area contributed by atoms with Gasteiger partial charge in [-0.1, -0.05) is 30.3 Å². The molecule has 1 aromatic rings. The summed E-state index contributed by atoms with van der Waals surface area (Å²) in [4.78, 5) is 16.3. The lowest BCUT2D eigenvalue weighted by Gasteiger charge is -2.37. The summed E-state index contributed by atoms with van der Waals surface area (Å²) in [5, 5.41) is 0. The number of fused-ring (bicyclic) bond motifs is 2. The fourth-order valence-corrected chi connectivity index (χ4v) is 3.45. The van der Waals surface area contributed by atoms with Crippen molar-refractivity contribution in [3.8, 4) is 0 Å². The Balaban J connectivity index is 1.70. The van der Waals surface area contributed by atoms with Crippen LogP contribution < -0.4 is 0 Å². The van der Waals surface area contributed by atoms with Crippen molar-refractivity contribution in [1.29, 1.82) is 0 Å². The molecule has 0 fully saturated rings. The molecule has 3 aliphatic rings. The maximum absolute atomic E-state index is 12.3. The first-order valence-electron chi connectivity index (χ1n) is 7.63. The number of rotatable bonds is 2. The number of ether oxygens (including phenoxy) is 2. The minimum atomic E-state index is -0.0812. The van der Waals surface area contributed by atoms with Crippen molar-refractivity contribution in [2.24, 2.45) is 10.9 Å². The van der Waals surface area contributed by atoms with E-state index in [4.69, 9.17) is 9.47 Å². The summed E-state index contributed by atoms with van der Waals surface area (Å²) in [5.41, 5.74) is 2.99. The number of hydrogen-bond donors (Lipinski definition) is 0. The smallest absolute Gasteiger partial charge is 0.174 e. The number of benzene rings is 1. The monoisotopic (exact) mass is 295 g/mol. The molecule has 4 rings (SSSR count).